The van der Waals surface area contributed by atoms with E-state index in [4.69, 9.17) is 19.3 Å². The molecule has 3 saturated heterocycles. The van der Waals surface area contributed by atoms with Crippen molar-refractivity contribution in [3.63, 3.8) is 0 Å². The van der Waals surface area contributed by atoms with Crippen LogP contribution in [-0.2, 0) is 9.47 Å². The summed E-state index contributed by atoms with van der Waals surface area (Å²) < 4.78 is 17.3. The summed E-state index contributed by atoms with van der Waals surface area (Å²) in [5.41, 5.74) is -3.27. The van der Waals surface area contributed by atoms with Gasteiger partial charge in [0.15, 0.2) is 10.8 Å². The number of fused-ring (bicyclic) bond motifs is 3. The summed E-state index contributed by atoms with van der Waals surface area (Å²) in [6, 6.07) is 18.2. The van der Waals surface area contributed by atoms with Crippen LogP contribution in [0.2, 0.25) is 0 Å². The number of nitrogens with one attached hydrogen (secondary N) is 1. The van der Waals surface area contributed by atoms with E-state index in [0.29, 0.717) is 5.56 Å². The summed E-state index contributed by atoms with van der Waals surface area (Å²) in [6.07, 6.45) is 0.288. The second kappa shape index (κ2) is 5.45. The minimum Gasteiger partial charge on any atom is -0.467 e. The van der Waals surface area contributed by atoms with Crippen molar-refractivity contribution in [3.05, 3.63) is 60.1 Å². The van der Waals surface area contributed by atoms with Gasteiger partial charge in [0, 0.05) is 6.92 Å². The predicted octanol–water partition coefficient (Wildman–Crippen LogP) is 3.40. The molecule has 3 aliphatic heterocycles. The van der Waals surface area contributed by atoms with Gasteiger partial charge in [0.05, 0.1) is 30.4 Å². The summed E-state index contributed by atoms with van der Waals surface area (Å²) in [7, 11) is 0. The Morgan fingerprint density at radius 1 is 1.00 bits per heavy atom. The quantitative estimate of drug-likeness (QED) is 0.876. The predicted molar refractivity (Wildman–Crippen MR) is 90.6 cm³/mol. The minimum absolute atomic E-state index is 0.261. The largest absolute Gasteiger partial charge is 0.467 e. The Morgan fingerprint density at radius 3 is 2.26 bits per heavy atom. The second-order valence-corrected chi connectivity index (χ2v) is 6.76. The first-order valence-corrected chi connectivity index (χ1v) is 8.27. The fourth-order valence-corrected chi connectivity index (χ4v) is 4.32. The third kappa shape index (κ3) is 1.83. The van der Waals surface area contributed by atoms with Crippen molar-refractivity contribution in [2.24, 2.45) is 10.8 Å². The van der Waals surface area contributed by atoms with E-state index in [1.807, 2.05) is 12.1 Å². The van der Waals surface area contributed by atoms with Crippen molar-refractivity contribution in [2.45, 2.75) is 24.7 Å². The van der Waals surface area contributed by atoms with Crippen molar-refractivity contribution in [3.8, 4) is 18.2 Å². The Kier molecular flexibility index (Phi) is 3.40. The number of hydrogen-bond donors (Lipinski definition) is 1. The van der Waals surface area contributed by atoms with E-state index in [1.54, 1.807) is 43.3 Å². The molecule has 0 aliphatic carbocycles. The molecule has 4 heterocycles. The highest BCUT2D eigenvalue weighted by molar-refractivity contribution is 5.89. The average molecular weight is 358 g/mol. The van der Waals surface area contributed by atoms with Gasteiger partial charge in [-0.2, -0.15) is 15.8 Å². The molecule has 1 aromatic carbocycles. The normalized spacial score (nSPS) is 33.3. The smallest absolute Gasteiger partial charge is 0.219 e. The molecule has 1 aromatic heterocycles. The topological polar surface area (TPSA) is 127 Å². The molecule has 0 spiro atoms. The van der Waals surface area contributed by atoms with Gasteiger partial charge in [0.25, 0.3) is 0 Å². The zero-order valence-electron chi connectivity index (χ0n) is 14.3. The number of rotatable bonds is 2. The molecular weight excluding hydrogens is 344 g/mol. The standard InChI is InChI=1S/C20H14N4O3/c1-18-15(13-6-3-2-4-7-13)19(10-21,11-22)20(12-23,17(24)27-18)16(26-18)14-8-5-9-25-14/h2-9,15-16,24H,1H3/t15-,16-,18-,20+/m0/s1. The van der Waals surface area contributed by atoms with Crippen LogP contribution in [0.15, 0.2) is 53.1 Å². The molecule has 7 nitrogen and oxygen atoms in total. The Morgan fingerprint density at radius 2 is 1.70 bits per heavy atom. The van der Waals surface area contributed by atoms with E-state index in [-0.39, 0.29) is 5.76 Å². The maximum absolute atomic E-state index is 10.2. The first-order chi connectivity index (χ1) is 13.0. The SMILES string of the molecule is C[C@@]12OC(=N)[C@@](C#N)([C@H](c3ccco3)O1)C(C#N)(C#N)[C@H]2c1ccccc1. The monoisotopic (exact) mass is 358 g/mol. The van der Waals surface area contributed by atoms with Crippen LogP contribution in [0.4, 0.5) is 0 Å². The highest BCUT2D eigenvalue weighted by atomic mass is 16.7. The maximum Gasteiger partial charge on any atom is 0.219 e. The minimum atomic E-state index is -1.98. The van der Waals surface area contributed by atoms with Gasteiger partial charge < -0.3 is 13.9 Å². The molecule has 3 aliphatic rings. The Hall–Kier alpha value is -3.60. The summed E-state index contributed by atoms with van der Waals surface area (Å²) in [6.45, 7) is 1.58. The van der Waals surface area contributed by atoms with Gasteiger partial charge in [-0.15, -0.1) is 0 Å². The van der Waals surface area contributed by atoms with Crippen molar-refractivity contribution in [2.75, 3.05) is 0 Å². The zero-order valence-corrected chi connectivity index (χ0v) is 14.3. The third-order valence-corrected chi connectivity index (χ3v) is 5.45. The molecule has 2 bridgehead atoms. The van der Waals surface area contributed by atoms with Gasteiger partial charge in [-0.3, -0.25) is 5.41 Å². The van der Waals surface area contributed by atoms with Crippen LogP contribution in [0.5, 0.6) is 0 Å². The molecular formula is C20H14N4O3. The molecule has 0 radical (unpaired) electrons. The summed E-state index contributed by atoms with van der Waals surface area (Å²) in [4.78, 5) is 0. The maximum atomic E-state index is 10.2. The highest BCUT2D eigenvalue weighted by Crippen LogP contribution is 2.69. The summed E-state index contributed by atoms with van der Waals surface area (Å²) in [5.74, 6) is -2.60. The summed E-state index contributed by atoms with van der Waals surface area (Å²) in [5, 5.41) is 38.9. The Balaban J connectivity index is 2.06. The van der Waals surface area contributed by atoms with Gasteiger partial charge in [-0.1, -0.05) is 30.3 Å². The number of nitriles is 3. The molecule has 2 aromatic rings. The van der Waals surface area contributed by atoms with Crippen LogP contribution in [0, 0.1) is 50.2 Å². The van der Waals surface area contributed by atoms with Crippen LogP contribution in [0.25, 0.3) is 0 Å². The number of ether oxygens (including phenoxy) is 2. The number of hydrogen-bond acceptors (Lipinski definition) is 7. The molecule has 0 saturated carbocycles. The summed E-state index contributed by atoms with van der Waals surface area (Å²) >= 11 is 0. The fourth-order valence-electron chi connectivity index (χ4n) is 4.32. The lowest BCUT2D eigenvalue weighted by Crippen LogP contribution is -2.70. The van der Waals surface area contributed by atoms with Crippen molar-refractivity contribution < 1.29 is 13.9 Å². The lowest BCUT2D eigenvalue weighted by atomic mass is 9.50. The van der Waals surface area contributed by atoms with E-state index < -0.39 is 34.5 Å². The van der Waals surface area contributed by atoms with Crippen LogP contribution >= 0.6 is 0 Å². The van der Waals surface area contributed by atoms with E-state index in [9.17, 15) is 15.8 Å². The van der Waals surface area contributed by atoms with E-state index >= 15 is 0 Å². The number of nitrogens with zero attached hydrogens (tertiary/aromatic N) is 3. The van der Waals surface area contributed by atoms with Crippen LogP contribution in [0.1, 0.15) is 30.3 Å². The molecule has 132 valence electrons. The molecule has 27 heavy (non-hydrogen) atoms. The molecule has 0 amide bonds. The lowest BCUT2D eigenvalue weighted by Gasteiger charge is -2.60. The molecule has 1 N–H and O–H groups in total. The van der Waals surface area contributed by atoms with E-state index in [1.165, 1.54) is 6.26 Å². The molecule has 7 heteroatoms. The van der Waals surface area contributed by atoms with Gasteiger partial charge in [0.1, 0.15) is 11.9 Å². The Labute approximate surface area is 155 Å². The average Bonchev–Trinajstić information content (AvgIpc) is 3.21. The fraction of sp³-hybridized carbons (Fsp3) is 0.300. The second-order valence-electron chi connectivity index (χ2n) is 6.76. The van der Waals surface area contributed by atoms with Gasteiger partial charge in [-0.05, 0) is 17.7 Å². The van der Waals surface area contributed by atoms with Crippen LogP contribution in [0.3, 0.4) is 0 Å². The highest BCUT2D eigenvalue weighted by Gasteiger charge is 2.80. The van der Waals surface area contributed by atoms with Crippen LogP contribution < -0.4 is 0 Å². The van der Waals surface area contributed by atoms with Crippen LogP contribution in [-0.4, -0.2) is 11.7 Å². The Bertz CT molecular complexity index is 1010. The van der Waals surface area contributed by atoms with Gasteiger partial charge in [0.2, 0.25) is 11.7 Å². The molecule has 4 atom stereocenters. The first-order valence-electron chi connectivity index (χ1n) is 8.27. The number of benzene rings is 1. The lowest BCUT2D eigenvalue weighted by molar-refractivity contribution is -0.326. The molecule has 5 rings (SSSR count). The van der Waals surface area contributed by atoms with E-state index in [2.05, 4.69) is 12.1 Å². The van der Waals surface area contributed by atoms with Crippen molar-refractivity contribution in [1.82, 2.24) is 0 Å². The first kappa shape index (κ1) is 16.8. The van der Waals surface area contributed by atoms with E-state index in [0.717, 1.165) is 0 Å². The third-order valence-electron chi connectivity index (χ3n) is 5.45. The van der Waals surface area contributed by atoms with Crippen molar-refractivity contribution >= 4 is 5.90 Å². The molecule has 0 unspecified atom stereocenters. The van der Waals surface area contributed by atoms with Gasteiger partial charge >= 0.3 is 0 Å². The zero-order chi connectivity index (χ0) is 19.3. The number of furan rings is 1. The van der Waals surface area contributed by atoms with Crippen molar-refractivity contribution in [1.29, 1.82) is 21.2 Å². The van der Waals surface area contributed by atoms with Gasteiger partial charge in [-0.25, -0.2) is 0 Å². The molecule has 3 fully saturated rings.